The van der Waals surface area contributed by atoms with Crippen molar-refractivity contribution < 1.29 is 29.1 Å². The Morgan fingerprint density at radius 3 is 2.11 bits per heavy atom. The summed E-state index contributed by atoms with van der Waals surface area (Å²) >= 11 is 1.43. The highest BCUT2D eigenvalue weighted by atomic mass is 32.2. The first-order valence-electron chi connectivity index (χ1n) is 12.2. The fraction of sp³-hybridized carbons (Fsp3) is 0.560. The van der Waals surface area contributed by atoms with Crippen LogP contribution in [-0.4, -0.2) is 70.9 Å². The molecule has 206 valence electrons. The van der Waals surface area contributed by atoms with Gasteiger partial charge < -0.3 is 32.5 Å². The maximum atomic E-state index is 13.2. The topological polar surface area (TPSA) is 194 Å². The Hall–Kier alpha value is -3.12. The van der Waals surface area contributed by atoms with Crippen molar-refractivity contribution in [2.75, 3.05) is 12.0 Å². The number of aliphatic carboxylic acids is 1. The van der Waals surface area contributed by atoms with Crippen LogP contribution in [0, 0.1) is 5.92 Å². The maximum Gasteiger partial charge on any atom is 0.326 e. The molecule has 5 unspecified atom stereocenters. The van der Waals surface area contributed by atoms with Gasteiger partial charge in [-0.3, -0.25) is 19.2 Å². The van der Waals surface area contributed by atoms with E-state index in [0.717, 1.165) is 5.56 Å². The average Bonchev–Trinajstić information content (AvgIpc) is 2.86. The zero-order valence-corrected chi connectivity index (χ0v) is 22.4. The maximum absolute atomic E-state index is 13.2. The molecule has 37 heavy (non-hydrogen) atoms. The Balaban J connectivity index is 2.99. The van der Waals surface area contributed by atoms with Gasteiger partial charge in [0.1, 0.15) is 18.1 Å². The van der Waals surface area contributed by atoms with Crippen LogP contribution in [-0.2, 0) is 30.4 Å². The lowest BCUT2D eigenvalue weighted by molar-refractivity contribution is -0.142. The average molecular weight is 538 g/mol. The van der Waals surface area contributed by atoms with Crippen molar-refractivity contribution in [1.29, 1.82) is 0 Å². The van der Waals surface area contributed by atoms with Gasteiger partial charge in [-0.25, -0.2) is 4.79 Å². The second-order valence-electron chi connectivity index (χ2n) is 8.92. The number of hydrogen-bond acceptors (Lipinski definition) is 7. The normalized spacial score (nSPS) is 14.9. The van der Waals surface area contributed by atoms with Crippen molar-refractivity contribution in [3.63, 3.8) is 0 Å². The van der Waals surface area contributed by atoms with E-state index in [1.165, 1.54) is 11.8 Å². The lowest BCUT2D eigenvalue weighted by Gasteiger charge is -2.28. The SMILES string of the molecule is CCC(C)C(NC(=O)C(N)Cc1ccccc1)C(=O)NC(CCC(N)=O)C(=O)NC(CCSC)C(=O)O. The summed E-state index contributed by atoms with van der Waals surface area (Å²) in [5.41, 5.74) is 12.2. The van der Waals surface area contributed by atoms with Gasteiger partial charge >= 0.3 is 5.97 Å². The molecule has 8 N–H and O–H groups in total. The summed E-state index contributed by atoms with van der Waals surface area (Å²) in [5.74, 6) is -3.61. The molecule has 0 radical (unpaired) electrons. The van der Waals surface area contributed by atoms with E-state index in [4.69, 9.17) is 11.5 Å². The molecule has 1 rings (SSSR count). The Bertz CT molecular complexity index is 916. The molecular weight excluding hydrogens is 498 g/mol. The largest absolute Gasteiger partial charge is 0.480 e. The van der Waals surface area contributed by atoms with Gasteiger partial charge in [-0.15, -0.1) is 0 Å². The van der Waals surface area contributed by atoms with Crippen LogP contribution in [0.25, 0.3) is 0 Å². The summed E-state index contributed by atoms with van der Waals surface area (Å²) in [4.78, 5) is 61.9. The molecule has 0 heterocycles. The second kappa shape index (κ2) is 16.6. The summed E-state index contributed by atoms with van der Waals surface area (Å²) in [6.07, 6.45) is 2.48. The quantitative estimate of drug-likeness (QED) is 0.162. The molecule has 5 atom stereocenters. The summed E-state index contributed by atoms with van der Waals surface area (Å²) in [6, 6.07) is 4.93. The lowest BCUT2D eigenvalue weighted by atomic mass is 9.96. The van der Waals surface area contributed by atoms with Crippen molar-refractivity contribution in [2.45, 2.75) is 70.1 Å². The molecule has 0 aromatic heterocycles. The number of carboxylic acids is 1. The van der Waals surface area contributed by atoms with E-state index in [0.29, 0.717) is 12.2 Å². The number of carbonyl (C=O) groups is 5. The van der Waals surface area contributed by atoms with Crippen molar-refractivity contribution in [3.8, 4) is 0 Å². The Morgan fingerprint density at radius 2 is 1.57 bits per heavy atom. The van der Waals surface area contributed by atoms with E-state index >= 15 is 0 Å². The monoisotopic (exact) mass is 537 g/mol. The number of carboxylic acid groups (broad SMARTS) is 1. The van der Waals surface area contributed by atoms with Crippen LogP contribution in [0.3, 0.4) is 0 Å². The highest BCUT2D eigenvalue weighted by Gasteiger charge is 2.32. The molecule has 0 aliphatic rings. The third-order valence-corrected chi connectivity index (χ3v) is 6.61. The predicted octanol–water partition coefficient (Wildman–Crippen LogP) is 0.160. The van der Waals surface area contributed by atoms with E-state index in [-0.39, 0.29) is 31.6 Å². The van der Waals surface area contributed by atoms with E-state index in [9.17, 15) is 29.1 Å². The van der Waals surface area contributed by atoms with E-state index in [1.807, 2.05) is 43.5 Å². The van der Waals surface area contributed by atoms with E-state index in [1.54, 1.807) is 6.92 Å². The Kier molecular flexibility index (Phi) is 14.3. The number of nitrogens with one attached hydrogen (secondary N) is 3. The minimum absolute atomic E-state index is 0.129. The zero-order valence-electron chi connectivity index (χ0n) is 21.6. The number of hydrogen-bond donors (Lipinski definition) is 6. The minimum atomic E-state index is -1.22. The van der Waals surface area contributed by atoms with Crippen molar-refractivity contribution in [2.24, 2.45) is 17.4 Å². The third-order valence-electron chi connectivity index (χ3n) is 5.97. The first-order chi connectivity index (χ1) is 17.5. The summed E-state index contributed by atoms with van der Waals surface area (Å²) in [6.45, 7) is 3.62. The van der Waals surface area contributed by atoms with Crippen LogP contribution in [0.15, 0.2) is 30.3 Å². The Morgan fingerprint density at radius 1 is 0.946 bits per heavy atom. The molecular formula is C25H39N5O6S. The summed E-state index contributed by atoms with van der Waals surface area (Å²) in [7, 11) is 0. The molecule has 0 aliphatic carbocycles. The van der Waals surface area contributed by atoms with Gasteiger partial charge in [-0.1, -0.05) is 50.6 Å². The standard InChI is InChI=1S/C25H39N5O6S/c1-4-15(2)21(30-22(32)17(26)14-16-8-6-5-7-9-16)24(34)28-18(10-11-20(27)31)23(33)29-19(25(35)36)12-13-37-3/h5-9,15,17-19,21H,4,10-14,26H2,1-3H3,(H2,27,31)(H,28,34)(H,29,33)(H,30,32)(H,35,36). The van der Waals surface area contributed by atoms with Gasteiger partial charge in [-0.05, 0) is 42.8 Å². The van der Waals surface area contributed by atoms with Crippen LogP contribution >= 0.6 is 11.8 Å². The fourth-order valence-electron chi connectivity index (χ4n) is 3.51. The van der Waals surface area contributed by atoms with Gasteiger partial charge in [0.25, 0.3) is 0 Å². The highest BCUT2D eigenvalue weighted by Crippen LogP contribution is 2.11. The molecule has 0 saturated carbocycles. The van der Waals surface area contributed by atoms with Crippen molar-refractivity contribution in [3.05, 3.63) is 35.9 Å². The van der Waals surface area contributed by atoms with Crippen LogP contribution < -0.4 is 27.4 Å². The Labute approximate surface area is 221 Å². The molecule has 1 aromatic rings. The van der Waals surface area contributed by atoms with Gasteiger partial charge in [0.2, 0.25) is 23.6 Å². The van der Waals surface area contributed by atoms with Crippen molar-refractivity contribution >= 4 is 41.4 Å². The van der Waals surface area contributed by atoms with Crippen molar-refractivity contribution in [1.82, 2.24) is 16.0 Å². The van der Waals surface area contributed by atoms with E-state index < -0.39 is 53.8 Å². The molecule has 0 bridgehead atoms. The molecule has 0 spiro atoms. The molecule has 0 aliphatic heterocycles. The molecule has 0 fully saturated rings. The van der Waals surface area contributed by atoms with Crippen LogP contribution in [0.2, 0.25) is 0 Å². The number of rotatable bonds is 17. The van der Waals surface area contributed by atoms with Crippen LogP contribution in [0.1, 0.15) is 45.1 Å². The van der Waals surface area contributed by atoms with Gasteiger partial charge in [-0.2, -0.15) is 11.8 Å². The lowest BCUT2D eigenvalue weighted by Crippen LogP contribution is -2.58. The van der Waals surface area contributed by atoms with E-state index in [2.05, 4.69) is 16.0 Å². The predicted molar refractivity (Wildman–Crippen MR) is 142 cm³/mol. The number of benzene rings is 1. The van der Waals surface area contributed by atoms with Crippen LogP contribution in [0.4, 0.5) is 0 Å². The van der Waals surface area contributed by atoms with Gasteiger partial charge in [0.15, 0.2) is 0 Å². The number of thioether (sulfide) groups is 1. The third kappa shape index (κ3) is 11.6. The number of primary amides is 1. The van der Waals surface area contributed by atoms with Gasteiger partial charge in [0, 0.05) is 6.42 Å². The van der Waals surface area contributed by atoms with Crippen LogP contribution in [0.5, 0.6) is 0 Å². The molecule has 4 amide bonds. The fourth-order valence-corrected chi connectivity index (χ4v) is 3.98. The second-order valence-corrected chi connectivity index (χ2v) is 9.90. The van der Waals surface area contributed by atoms with Gasteiger partial charge in [0.05, 0.1) is 6.04 Å². The minimum Gasteiger partial charge on any atom is -0.480 e. The highest BCUT2D eigenvalue weighted by molar-refractivity contribution is 7.98. The summed E-state index contributed by atoms with van der Waals surface area (Å²) in [5, 5.41) is 17.1. The summed E-state index contributed by atoms with van der Waals surface area (Å²) < 4.78 is 0. The number of carbonyl (C=O) groups excluding carboxylic acids is 4. The zero-order chi connectivity index (χ0) is 28.0. The molecule has 11 nitrogen and oxygen atoms in total. The smallest absolute Gasteiger partial charge is 0.326 e. The first-order valence-corrected chi connectivity index (χ1v) is 13.6. The molecule has 0 saturated heterocycles. The number of nitrogens with two attached hydrogens (primary N) is 2. The molecule has 1 aromatic carbocycles. The first kappa shape index (κ1) is 31.9. The number of amides is 4. The molecule has 12 heteroatoms.